The van der Waals surface area contributed by atoms with Gasteiger partial charge in [0.2, 0.25) is 0 Å². The summed E-state index contributed by atoms with van der Waals surface area (Å²) in [6.45, 7) is 13.6. The molecule has 0 amide bonds. The van der Waals surface area contributed by atoms with E-state index in [1.807, 2.05) is 0 Å². The maximum Gasteiger partial charge on any atom is 0.338 e. The fraction of sp³-hybridized carbons (Fsp3) is 0.344. The summed E-state index contributed by atoms with van der Waals surface area (Å²) in [5.74, 6) is -2.75. The average molecular weight is 581 g/mol. The van der Waals surface area contributed by atoms with Gasteiger partial charge in [-0.25, -0.2) is 19.2 Å². The van der Waals surface area contributed by atoms with Crippen molar-refractivity contribution >= 4 is 29.8 Å². The highest BCUT2D eigenvalue weighted by Crippen LogP contribution is 2.26. The molecule has 0 unspecified atom stereocenters. The lowest BCUT2D eigenvalue weighted by atomic mass is 9.99. The molecule has 2 rings (SSSR count). The summed E-state index contributed by atoms with van der Waals surface area (Å²) in [4.78, 5) is 60.6. The molecule has 10 nitrogen and oxygen atoms in total. The van der Waals surface area contributed by atoms with Gasteiger partial charge in [-0.1, -0.05) is 39.1 Å². The molecule has 0 spiro atoms. The predicted octanol–water partition coefficient (Wildman–Crippen LogP) is 5.25. The summed E-state index contributed by atoms with van der Waals surface area (Å²) in [5, 5.41) is 0. The number of ether oxygens (including phenoxy) is 5. The lowest BCUT2D eigenvalue weighted by molar-refractivity contribution is -0.140. The van der Waals surface area contributed by atoms with E-state index < -0.39 is 23.9 Å². The second kappa shape index (κ2) is 16.5. The summed E-state index contributed by atoms with van der Waals surface area (Å²) in [6.07, 6.45) is 0.539. The zero-order chi connectivity index (χ0) is 31.2. The Morgan fingerprint density at radius 2 is 1.07 bits per heavy atom. The number of hydrogen-bond donors (Lipinski definition) is 0. The van der Waals surface area contributed by atoms with Gasteiger partial charge in [-0.05, 0) is 55.3 Å². The summed E-state index contributed by atoms with van der Waals surface area (Å²) < 4.78 is 25.9. The molecule has 0 heterocycles. The van der Waals surface area contributed by atoms with Gasteiger partial charge in [-0.15, -0.1) is 0 Å². The predicted molar refractivity (Wildman–Crippen MR) is 154 cm³/mol. The third-order valence-corrected chi connectivity index (χ3v) is 5.49. The van der Waals surface area contributed by atoms with Crippen molar-refractivity contribution < 1.29 is 47.7 Å². The van der Waals surface area contributed by atoms with Crippen LogP contribution in [0, 0.1) is 5.92 Å². The molecular weight excluding hydrogens is 544 g/mol. The van der Waals surface area contributed by atoms with E-state index in [1.165, 1.54) is 19.9 Å². The Morgan fingerprint density at radius 3 is 1.48 bits per heavy atom. The molecule has 0 aliphatic carbocycles. The molecule has 224 valence electrons. The molecule has 2 aromatic carbocycles. The topological polar surface area (TPSA) is 132 Å². The van der Waals surface area contributed by atoms with E-state index in [0.29, 0.717) is 16.9 Å². The Morgan fingerprint density at radius 1 is 0.643 bits per heavy atom. The van der Waals surface area contributed by atoms with Crippen LogP contribution < -0.4 is 4.74 Å². The molecule has 0 N–H and O–H groups in total. The van der Waals surface area contributed by atoms with E-state index in [4.69, 9.17) is 23.7 Å². The first kappa shape index (κ1) is 33.5. The van der Waals surface area contributed by atoms with Crippen molar-refractivity contribution in [3.63, 3.8) is 0 Å². The fourth-order valence-corrected chi connectivity index (χ4v) is 3.17. The average Bonchev–Trinajstić information content (AvgIpc) is 2.96. The van der Waals surface area contributed by atoms with Gasteiger partial charge in [0.1, 0.15) is 5.75 Å². The van der Waals surface area contributed by atoms with Gasteiger partial charge in [0, 0.05) is 24.0 Å². The van der Waals surface area contributed by atoms with Crippen LogP contribution in [-0.4, -0.2) is 56.3 Å². The molecular formula is C32H36O10. The monoisotopic (exact) mass is 580 g/mol. The second-order valence-corrected chi connectivity index (χ2v) is 9.71. The number of esters is 5. The van der Waals surface area contributed by atoms with E-state index in [9.17, 15) is 24.0 Å². The first-order valence-electron chi connectivity index (χ1n) is 13.4. The number of carbonyl (C=O) groups excluding carboxylic acids is 5. The van der Waals surface area contributed by atoms with E-state index >= 15 is 0 Å². The van der Waals surface area contributed by atoms with Crippen molar-refractivity contribution in [3.05, 3.63) is 77.9 Å². The highest BCUT2D eigenvalue weighted by molar-refractivity contribution is 5.97. The van der Waals surface area contributed by atoms with Crippen LogP contribution in [0.4, 0.5) is 0 Å². The third kappa shape index (κ3) is 11.0. The maximum atomic E-state index is 12.9. The molecule has 2 aromatic rings. The smallest absolute Gasteiger partial charge is 0.338 e. The highest BCUT2D eigenvalue weighted by Gasteiger charge is 2.17. The van der Waals surface area contributed by atoms with Crippen molar-refractivity contribution in [1.29, 1.82) is 0 Å². The van der Waals surface area contributed by atoms with E-state index in [2.05, 4.69) is 13.2 Å². The molecule has 0 radical (unpaired) electrons. The van der Waals surface area contributed by atoms with Gasteiger partial charge < -0.3 is 23.7 Å². The van der Waals surface area contributed by atoms with Crippen molar-refractivity contribution in [1.82, 2.24) is 0 Å². The van der Waals surface area contributed by atoms with E-state index in [-0.39, 0.29) is 73.4 Å². The van der Waals surface area contributed by atoms with Crippen LogP contribution >= 0.6 is 0 Å². The van der Waals surface area contributed by atoms with Gasteiger partial charge in [-0.3, -0.25) is 4.79 Å². The van der Waals surface area contributed by atoms with E-state index in [0.717, 1.165) is 0 Å². The maximum absolute atomic E-state index is 12.9. The largest absolute Gasteiger partial charge is 0.462 e. The molecule has 0 bridgehead atoms. The SMILES string of the molecule is C=C(C)C(=O)OCCCOC(=O)c1cc(C(=O)OCCCOC(=O)C(=C)C)cc(-c2ccc(OC(=O)C(C)C)cc2)c1. The minimum absolute atomic E-state index is 0.0227. The second-order valence-electron chi connectivity index (χ2n) is 9.71. The quantitative estimate of drug-likeness (QED) is 0.0905. The number of rotatable bonds is 15. The van der Waals surface area contributed by atoms with Gasteiger partial charge in [0.25, 0.3) is 0 Å². The Kier molecular flexibility index (Phi) is 13.2. The van der Waals surface area contributed by atoms with Crippen LogP contribution in [-0.2, 0) is 33.3 Å². The van der Waals surface area contributed by atoms with Crippen LogP contribution in [0.2, 0.25) is 0 Å². The Balaban J connectivity index is 2.17. The Hall–Kier alpha value is -4.73. The highest BCUT2D eigenvalue weighted by atomic mass is 16.6. The molecule has 10 heteroatoms. The normalized spacial score (nSPS) is 10.4. The van der Waals surface area contributed by atoms with Crippen LogP contribution in [0.25, 0.3) is 11.1 Å². The first-order valence-corrected chi connectivity index (χ1v) is 13.4. The summed E-state index contributed by atoms with van der Waals surface area (Å²) in [6, 6.07) is 11.1. The van der Waals surface area contributed by atoms with Gasteiger partial charge >= 0.3 is 29.8 Å². The van der Waals surface area contributed by atoms with Crippen LogP contribution in [0.5, 0.6) is 5.75 Å². The molecule has 0 aliphatic rings. The lowest BCUT2D eigenvalue weighted by Gasteiger charge is -2.12. The van der Waals surface area contributed by atoms with Gasteiger partial charge in [-0.2, -0.15) is 0 Å². The van der Waals surface area contributed by atoms with Crippen molar-refractivity contribution in [2.45, 2.75) is 40.5 Å². The molecule has 0 aliphatic heterocycles. The summed E-state index contributed by atoms with van der Waals surface area (Å²) >= 11 is 0. The van der Waals surface area contributed by atoms with E-state index in [1.54, 1.807) is 50.2 Å². The van der Waals surface area contributed by atoms with Crippen LogP contribution in [0.15, 0.2) is 66.8 Å². The first-order chi connectivity index (χ1) is 19.9. The molecule has 42 heavy (non-hydrogen) atoms. The van der Waals surface area contributed by atoms with Crippen molar-refractivity contribution in [3.8, 4) is 16.9 Å². The van der Waals surface area contributed by atoms with Gasteiger partial charge in [0.15, 0.2) is 0 Å². The molecule has 0 fully saturated rings. The van der Waals surface area contributed by atoms with Crippen LogP contribution in [0.3, 0.4) is 0 Å². The number of benzene rings is 2. The molecule has 0 atom stereocenters. The van der Waals surface area contributed by atoms with Crippen molar-refractivity contribution in [2.75, 3.05) is 26.4 Å². The fourth-order valence-electron chi connectivity index (χ4n) is 3.17. The standard InChI is InChI=1S/C32H36O10/c1-20(2)28(33)38-13-7-15-40-31(36)25-17-24(23-9-11-27(12-10-23)42-30(35)22(5)6)18-26(19-25)32(37)41-16-8-14-39-29(34)21(3)4/h9-12,17-19,22H,1,3,7-8,13-16H2,2,4-6H3. The Labute approximate surface area is 245 Å². The lowest BCUT2D eigenvalue weighted by Crippen LogP contribution is -2.14. The summed E-state index contributed by atoms with van der Waals surface area (Å²) in [5.41, 5.74) is 1.89. The number of carbonyl (C=O) groups is 5. The Bertz CT molecular complexity index is 1260. The van der Waals surface area contributed by atoms with Gasteiger partial charge in [0.05, 0.1) is 43.5 Å². The third-order valence-electron chi connectivity index (χ3n) is 5.49. The number of hydrogen-bond acceptors (Lipinski definition) is 10. The van der Waals surface area contributed by atoms with Crippen molar-refractivity contribution in [2.24, 2.45) is 5.92 Å². The zero-order valence-electron chi connectivity index (χ0n) is 24.4. The van der Waals surface area contributed by atoms with Crippen LogP contribution in [0.1, 0.15) is 61.3 Å². The minimum atomic E-state index is -0.689. The summed E-state index contributed by atoms with van der Waals surface area (Å²) in [7, 11) is 0. The zero-order valence-corrected chi connectivity index (χ0v) is 24.4. The molecule has 0 aromatic heterocycles. The minimum Gasteiger partial charge on any atom is -0.462 e. The molecule has 0 saturated heterocycles. The molecule has 0 saturated carbocycles.